The highest BCUT2D eigenvalue weighted by atomic mass is 19.1. The van der Waals surface area contributed by atoms with Crippen molar-refractivity contribution in [3.05, 3.63) is 41.5 Å². The van der Waals surface area contributed by atoms with E-state index in [1.165, 1.54) is 12.1 Å². The molecule has 0 aliphatic carbocycles. The topological polar surface area (TPSA) is 39.9 Å². The van der Waals surface area contributed by atoms with E-state index < -0.39 is 0 Å². The predicted octanol–water partition coefficient (Wildman–Crippen LogP) is 1.84. The number of rotatable bonds is 3. The van der Waals surface area contributed by atoms with Crippen molar-refractivity contribution in [1.29, 1.82) is 0 Å². The molecule has 2 aromatic rings. The highest BCUT2D eigenvalue weighted by Crippen LogP contribution is 2.19. The third kappa shape index (κ3) is 2.36. The molecule has 0 saturated carbocycles. The number of benzene rings is 1. The number of hydrogen-bond acceptors (Lipinski definition) is 3. The van der Waals surface area contributed by atoms with Gasteiger partial charge in [0.05, 0.1) is 6.20 Å². The van der Waals surface area contributed by atoms with Crippen LogP contribution in [0.2, 0.25) is 0 Å². The molecule has 1 heterocycles. The standard InChI is InChI=1S/C11H12FN3O/c1-8-3-4-9(12)5-11(8)16-7-10-6-15(2)14-13-10/h3-6H,7H2,1-2H3. The summed E-state index contributed by atoms with van der Waals surface area (Å²) in [5, 5.41) is 7.66. The Kier molecular flexibility index (Phi) is 2.85. The molecule has 0 bridgehead atoms. The molecule has 0 unspecified atom stereocenters. The highest BCUT2D eigenvalue weighted by molar-refractivity contribution is 5.32. The zero-order valence-electron chi connectivity index (χ0n) is 9.14. The van der Waals surface area contributed by atoms with E-state index in [0.29, 0.717) is 11.4 Å². The van der Waals surface area contributed by atoms with E-state index >= 15 is 0 Å². The van der Waals surface area contributed by atoms with E-state index in [1.807, 2.05) is 6.92 Å². The summed E-state index contributed by atoms with van der Waals surface area (Å²) >= 11 is 0. The van der Waals surface area contributed by atoms with E-state index in [9.17, 15) is 4.39 Å². The van der Waals surface area contributed by atoms with Gasteiger partial charge in [-0.3, -0.25) is 4.68 Å². The van der Waals surface area contributed by atoms with Crippen LogP contribution >= 0.6 is 0 Å². The van der Waals surface area contributed by atoms with Gasteiger partial charge in [-0.2, -0.15) is 0 Å². The van der Waals surface area contributed by atoms with Gasteiger partial charge in [0.25, 0.3) is 0 Å². The Labute approximate surface area is 92.7 Å². The lowest BCUT2D eigenvalue weighted by Gasteiger charge is -2.06. The number of ether oxygens (including phenoxy) is 1. The summed E-state index contributed by atoms with van der Waals surface area (Å²) in [6.45, 7) is 2.16. The summed E-state index contributed by atoms with van der Waals surface area (Å²) in [5.74, 6) is 0.227. The molecule has 1 aromatic heterocycles. The fourth-order valence-electron chi connectivity index (χ4n) is 1.34. The molecule has 0 aliphatic heterocycles. The zero-order chi connectivity index (χ0) is 11.5. The molecule has 4 nitrogen and oxygen atoms in total. The number of aryl methyl sites for hydroxylation is 2. The van der Waals surface area contributed by atoms with Crippen molar-refractivity contribution in [1.82, 2.24) is 15.0 Å². The van der Waals surface area contributed by atoms with Crippen LogP contribution in [0, 0.1) is 12.7 Å². The third-order valence-electron chi connectivity index (χ3n) is 2.18. The Balaban J connectivity index is 2.07. The monoisotopic (exact) mass is 221 g/mol. The number of aromatic nitrogens is 3. The summed E-state index contributed by atoms with van der Waals surface area (Å²) < 4.78 is 20.0. The average molecular weight is 221 g/mol. The Morgan fingerprint density at radius 1 is 1.44 bits per heavy atom. The zero-order valence-corrected chi connectivity index (χ0v) is 9.14. The first kappa shape index (κ1) is 10.6. The van der Waals surface area contributed by atoms with Gasteiger partial charge in [-0.25, -0.2) is 4.39 Å². The first-order chi connectivity index (χ1) is 7.65. The summed E-state index contributed by atoms with van der Waals surface area (Å²) in [6, 6.07) is 4.46. The van der Waals surface area contributed by atoms with Gasteiger partial charge >= 0.3 is 0 Å². The van der Waals surface area contributed by atoms with Gasteiger partial charge in [0.1, 0.15) is 23.9 Å². The van der Waals surface area contributed by atoms with Gasteiger partial charge in [0.15, 0.2) is 0 Å². The molecule has 1 aromatic carbocycles. The number of hydrogen-bond donors (Lipinski definition) is 0. The summed E-state index contributed by atoms with van der Waals surface area (Å²) in [5.41, 5.74) is 1.61. The largest absolute Gasteiger partial charge is 0.487 e. The second kappa shape index (κ2) is 4.30. The number of nitrogens with zero attached hydrogens (tertiary/aromatic N) is 3. The van der Waals surface area contributed by atoms with Gasteiger partial charge in [-0.1, -0.05) is 11.3 Å². The van der Waals surface area contributed by atoms with Gasteiger partial charge in [0.2, 0.25) is 0 Å². The Morgan fingerprint density at radius 2 is 2.25 bits per heavy atom. The third-order valence-corrected chi connectivity index (χ3v) is 2.18. The molecule has 2 rings (SSSR count). The minimum Gasteiger partial charge on any atom is -0.487 e. The minimum atomic E-state index is -0.306. The van der Waals surface area contributed by atoms with Gasteiger partial charge < -0.3 is 4.74 Å². The molecule has 5 heteroatoms. The van der Waals surface area contributed by atoms with E-state index in [2.05, 4.69) is 10.3 Å². The molecular formula is C11H12FN3O. The van der Waals surface area contributed by atoms with Crippen LogP contribution in [0.1, 0.15) is 11.3 Å². The van der Waals surface area contributed by atoms with Crippen molar-refractivity contribution in [2.24, 2.45) is 7.05 Å². The maximum absolute atomic E-state index is 13.0. The molecule has 84 valence electrons. The lowest BCUT2D eigenvalue weighted by molar-refractivity contribution is 0.297. The van der Waals surface area contributed by atoms with E-state index in [4.69, 9.17) is 4.74 Å². The molecule has 0 amide bonds. The van der Waals surface area contributed by atoms with E-state index in [0.717, 1.165) is 5.56 Å². The fraction of sp³-hybridized carbons (Fsp3) is 0.273. The summed E-state index contributed by atoms with van der Waals surface area (Å²) in [4.78, 5) is 0. The van der Waals surface area contributed by atoms with Crippen LogP contribution in [-0.4, -0.2) is 15.0 Å². The molecular weight excluding hydrogens is 209 g/mol. The van der Waals surface area contributed by atoms with Crippen LogP contribution < -0.4 is 4.74 Å². The molecule has 0 saturated heterocycles. The second-order valence-electron chi connectivity index (χ2n) is 3.58. The SMILES string of the molecule is Cc1ccc(F)cc1OCc1cn(C)nn1. The van der Waals surface area contributed by atoms with E-state index in [1.54, 1.807) is 24.0 Å². The van der Waals surface area contributed by atoms with Crippen LogP contribution in [-0.2, 0) is 13.7 Å². The first-order valence-corrected chi connectivity index (χ1v) is 4.89. The fourth-order valence-corrected chi connectivity index (χ4v) is 1.34. The van der Waals surface area contributed by atoms with Gasteiger partial charge in [0, 0.05) is 13.1 Å². The number of halogens is 1. The minimum absolute atomic E-state index is 0.290. The predicted molar refractivity (Wildman–Crippen MR) is 56.5 cm³/mol. The molecule has 0 spiro atoms. The van der Waals surface area contributed by atoms with Crippen molar-refractivity contribution in [3.63, 3.8) is 0 Å². The average Bonchev–Trinajstić information content (AvgIpc) is 2.66. The Morgan fingerprint density at radius 3 is 2.94 bits per heavy atom. The van der Waals surface area contributed by atoms with Crippen molar-refractivity contribution in [2.45, 2.75) is 13.5 Å². The van der Waals surface area contributed by atoms with Gasteiger partial charge in [-0.05, 0) is 18.6 Å². The lowest BCUT2D eigenvalue weighted by Crippen LogP contribution is -1.98. The lowest BCUT2D eigenvalue weighted by atomic mass is 10.2. The molecule has 0 atom stereocenters. The molecule has 0 aliphatic rings. The van der Waals surface area contributed by atoms with Crippen molar-refractivity contribution >= 4 is 0 Å². The highest BCUT2D eigenvalue weighted by Gasteiger charge is 2.04. The van der Waals surface area contributed by atoms with Crippen molar-refractivity contribution in [3.8, 4) is 5.75 Å². The van der Waals surface area contributed by atoms with Crippen LogP contribution in [0.15, 0.2) is 24.4 Å². The Bertz CT molecular complexity index is 496. The van der Waals surface area contributed by atoms with Crippen molar-refractivity contribution in [2.75, 3.05) is 0 Å². The van der Waals surface area contributed by atoms with E-state index in [-0.39, 0.29) is 12.4 Å². The second-order valence-corrected chi connectivity index (χ2v) is 3.58. The summed E-state index contributed by atoms with van der Waals surface area (Å²) in [7, 11) is 1.78. The summed E-state index contributed by atoms with van der Waals surface area (Å²) in [6.07, 6.45) is 1.76. The van der Waals surface area contributed by atoms with Crippen LogP contribution in [0.4, 0.5) is 4.39 Å². The first-order valence-electron chi connectivity index (χ1n) is 4.89. The molecule has 0 N–H and O–H groups in total. The molecule has 0 radical (unpaired) electrons. The Hall–Kier alpha value is -1.91. The molecule has 0 fully saturated rings. The van der Waals surface area contributed by atoms with Crippen LogP contribution in [0.5, 0.6) is 5.75 Å². The maximum atomic E-state index is 13.0. The quantitative estimate of drug-likeness (QED) is 0.794. The van der Waals surface area contributed by atoms with Crippen LogP contribution in [0.3, 0.4) is 0 Å². The smallest absolute Gasteiger partial charge is 0.134 e. The maximum Gasteiger partial charge on any atom is 0.134 e. The normalized spacial score (nSPS) is 10.4. The molecule has 16 heavy (non-hydrogen) atoms. The van der Waals surface area contributed by atoms with Gasteiger partial charge in [-0.15, -0.1) is 5.10 Å². The van der Waals surface area contributed by atoms with Crippen LogP contribution in [0.25, 0.3) is 0 Å². The van der Waals surface area contributed by atoms with Crippen molar-refractivity contribution < 1.29 is 9.13 Å².